The second-order valence-corrected chi connectivity index (χ2v) is 5.81. The normalized spacial score (nSPS) is 21.7. The molecule has 2 aliphatic rings. The van der Waals surface area contributed by atoms with Gasteiger partial charge in [-0.1, -0.05) is 30.3 Å². The molecule has 3 rings (SSSR count). The third-order valence-electron chi connectivity index (χ3n) is 3.89. The topological polar surface area (TPSA) is 52.6 Å². The minimum atomic E-state index is -0.0469. The standard InChI is InChI=1S/C12H14O2.C6H10O2/c13-12-7-6-11(9-14-12)8-10-4-2-1-3-5-10;7-6-4-2-1-3-5-8-6/h1-5,11H,6-9H2;1-5H2. The van der Waals surface area contributed by atoms with Crippen LogP contribution in [0, 0.1) is 5.92 Å². The van der Waals surface area contributed by atoms with Crippen molar-refractivity contribution in [3.05, 3.63) is 35.9 Å². The van der Waals surface area contributed by atoms with E-state index in [0.717, 1.165) is 32.1 Å². The molecule has 22 heavy (non-hydrogen) atoms. The van der Waals surface area contributed by atoms with E-state index in [9.17, 15) is 9.59 Å². The first kappa shape index (κ1) is 16.5. The summed E-state index contributed by atoms with van der Waals surface area (Å²) in [6.45, 7) is 1.23. The smallest absolute Gasteiger partial charge is 0.305 e. The molecule has 2 fully saturated rings. The highest BCUT2D eigenvalue weighted by Crippen LogP contribution is 2.19. The van der Waals surface area contributed by atoms with Crippen molar-refractivity contribution >= 4 is 11.9 Å². The minimum absolute atomic E-state index is 0.0255. The predicted octanol–water partition coefficient (Wildman–Crippen LogP) is 3.29. The summed E-state index contributed by atoms with van der Waals surface area (Å²) in [4.78, 5) is 21.3. The molecule has 4 heteroatoms. The zero-order valence-corrected chi connectivity index (χ0v) is 13.0. The molecule has 2 heterocycles. The Labute approximate surface area is 131 Å². The van der Waals surface area contributed by atoms with Crippen molar-refractivity contribution < 1.29 is 19.1 Å². The van der Waals surface area contributed by atoms with Gasteiger partial charge in [0.05, 0.1) is 13.2 Å². The molecule has 0 bridgehead atoms. The van der Waals surface area contributed by atoms with E-state index in [1.54, 1.807) is 0 Å². The SMILES string of the molecule is O=C1CCC(Cc2ccccc2)CO1.O=C1CCCCCO1. The highest BCUT2D eigenvalue weighted by Gasteiger charge is 2.19. The highest BCUT2D eigenvalue weighted by atomic mass is 16.5. The molecule has 1 unspecified atom stereocenters. The van der Waals surface area contributed by atoms with Crippen molar-refractivity contribution in [1.82, 2.24) is 0 Å². The molecular formula is C18H24O4. The first-order valence-electron chi connectivity index (χ1n) is 8.09. The minimum Gasteiger partial charge on any atom is -0.466 e. The molecule has 2 saturated heterocycles. The molecule has 1 atom stereocenters. The van der Waals surface area contributed by atoms with E-state index < -0.39 is 0 Å². The van der Waals surface area contributed by atoms with E-state index in [-0.39, 0.29) is 11.9 Å². The molecular weight excluding hydrogens is 280 g/mol. The maximum atomic E-state index is 10.8. The maximum absolute atomic E-state index is 10.8. The molecule has 1 aromatic carbocycles. The summed E-state index contributed by atoms with van der Waals surface area (Å²) in [6, 6.07) is 10.4. The van der Waals surface area contributed by atoms with E-state index in [4.69, 9.17) is 9.47 Å². The number of cyclic esters (lactones) is 2. The van der Waals surface area contributed by atoms with E-state index >= 15 is 0 Å². The number of ether oxygens (including phenoxy) is 2. The molecule has 0 spiro atoms. The van der Waals surface area contributed by atoms with Gasteiger partial charge in [0.15, 0.2) is 0 Å². The zero-order valence-electron chi connectivity index (χ0n) is 13.0. The van der Waals surface area contributed by atoms with E-state index in [1.807, 2.05) is 18.2 Å². The lowest BCUT2D eigenvalue weighted by Gasteiger charge is -2.21. The molecule has 0 aliphatic carbocycles. The van der Waals surface area contributed by atoms with Gasteiger partial charge in [0.1, 0.15) is 0 Å². The Morgan fingerprint density at radius 3 is 2.41 bits per heavy atom. The lowest BCUT2D eigenvalue weighted by atomic mass is 9.94. The maximum Gasteiger partial charge on any atom is 0.305 e. The third-order valence-corrected chi connectivity index (χ3v) is 3.89. The highest BCUT2D eigenvalue weighted by molar-refractivity contribution is 5.70. The molecule has 0 N–H and O–H groups in total. The molecule has 2 aliphatic heterocycles. The van der Waals surface area contributed by atoms with E-state index in [2.05, 4.69) is 12.1 Å². The van der Waals surface area contributed by atoms with Crippen molar-refractivity contribution in [2.24, 2.45) is 5.92 Å². The first-order chi connectivity index (χ1) is 10.7. The predicted molar refractivity (Wildman–Crippen MR) is 83.3 cm³/mol. The van der Waals surface area contributed by atoms with Crippen LogP contribution in [0.4, 0.5) is 0 Å². The zero-order chi connectivity index (χ0) is 15.6. The van der Waals surface area contributed by atoms with Gasteiger partial charge in [0, 0.05) is 12.8 Å². The third kappa shape index (κ3) is 6.29. The fourth-order valence-corrected chi connectivity index (χ4v) is 2.60. The van der Waals surface area contributed by atoms with Crippen LogP contribution in [0.1, 0.15) is 44.1 Å². The Morgan fingerprint density at radius 2 is 1.68 bits per heavy atom. The fourth-order valence-electron chi connectivity index (χ4n) is 2.60. The summed E-state index contributed by atoms with van der Waals surface area (Å²) in [5, 5.41) is 0. The Kier molecular flexibility index (Phi) is 6.94. The van der Waals surface area contributed by atoms with Gasteiger partial charge in [-0.15, -0.1) is 0 Å². The van der Waals surface area contributed by atoms with Crippen LogP contribution in [-0.4, -0.2) is 25.2 Å². The molecule has 1 aromatic rings. The number of esters is 2. The van der Waals surface area contributed by atoms with Crippen molar-refractivity contribution in [1.29, 1.82) is 0 Å². The fraction of sp³-hybridized carbons (Fsp3) is 0.556. The van der Waals surface area contributed by atoms with E-state index in [1.165, 1.54) is 5.56 Å². The van der Waals surface area contributed by atoms with Crippen LogP contribution < -0.4 is 0 Å². The van der Waals surface area contributed by atoms with Crippen molar-refractivity contribution in [3.8, 4) is 0 Å². The summed E-state index contributed by atoms with van der Waals surface area (Å²) < 4.78 is 9.79. The Hall–Kier alpha value is -1.84. The lowest BCUT2D eigenvalue weighted by molar-refractivity contribution is -0.149. The van der Waals surface area contributed by atoms with Crippen LogP contribution in [-0.2, 0) is 25.5 Å². The molecule has 0 radical (unpaired) electrons. The Balaban J connectivity index is 0.000000188. The number of rotatable bonds is 2. The van der Waals surface area contributed by atoms with Gasteiger partial charge in [-0.3, -0.25) is 9.59 Å². The molecule has 0 amide bonds. The summed E-state index contributed by atoms with van der Waals surface area (Å²) >= 11 is 0. The monoisotopic (exact) mass is 304 g/mol. The summed E-state index contributed by atoms with van der Waals surface area (Å²) in [5.41, 5.74) is 1.33. The number of hydrogen-bond donors (Lipinski definition) is 0. The summed E-state index contributed by atoms with van der Waals surface area (Å²) in [6.07, 6.45) is 6.40. The van der Waals surface area contributed by atoms with Crippen LogP contribution in [0.25, 0.3) is 0 Å². The van der Waals surface area contributed by atoms with Crippen LogP contribution in [0.15, 0.2) is 30.3 Å². The second-order valence-electron chi connectivity index (χ2n) is 5.81. The van der Waals surface area contributed by atoms with Gasteiger partial charge in [-0.2, -0.15) is 0 Å². The van der Waals surface area contributed by atoms with Crippen LogP contribution in [0.5, 0.6) is 0 Å². The number of carbonyl (C=O) groups excluding carboxylic acids is 2. The second kappa shape index (κ2) is 9.23. The van der Waals surface area contributed by atoms with Crippen molar-refractivity contribution in [2.45, 2.75) is 44.9 Å². The average molecular weight is 304 g/mol. The average Bonchev–Trinajstić information content (AvgIpc) is 2.79. The quantitative estimate of drug-likeness (QED) is 0.787. The molecule has 4 nitrogen and oxygen atoms in total. The van der Waals surface area contributed by atoms with Gasteiger partial charge < -0.3 is 9.47 Å². The first-order valence-corrected chi connectivity index (χ1v) is 8.09. The molecule has 0 saturated carbocycles. The number of benzene rings is 1. The number of carbonyl (C=O) groups is 2. The summed E-state index contributed by atoms with van der Waals surface area (Å²) in [7, 11) is 0. The summed E-state index contributed by atoms with van der Waals surface area (Å²) in [5.74, 6) is 0.437. The van der Waals surface area contributed by atoms with Crippen LogP contribution in [0.3, 0.4) is 0 Å². The van der Waals surface area contributed by atoms with Gasteiger partial charge >= 0.3 is 11.9 Å². The van der Waals surface area contributed by atoms with Crippen molar-refractivity contribution in [3.63, 3.8) is 0 Å². The van der Waals surface area contributed by atoms with Crippen LogP contribution >= 0.6 is 0 Å². The van der Waals surface area contributed by atoms with Crippen molar-refractivity contribution in [2.75, 3.05) is 13.2 Å². The molecule has 120 valence electrons. The van der Waals surface area contributed by atoms with Gasteiger partial charge in [-0.25, -0.2) is 0 Å². The Bertz CT molecular complexity index is 449. The Morgan fingerprint density at radius 1 is 0.909 bits per heavy atom. The van der Waals surface area contributed by atoms with Gasteiger partial charge in [-0.05, 0) is 43.6 Å². The largest absolute Gasteiger partial charge is 0.466 e. The van der Waals surface area contributed by atoms with Gasteiger partial charge in [0.25, 0.3) is 0 Å². The molecule has 0 aromatic heterocycles. The van der Waals surface area contributed by atoms with Crippen LogP contribution in [0.2, 0.25) is 0 Å². The number of hydrogen-bond acceptors (Lipinski definition) is 4. The van der Waals surface area contributed by atoms with Gasteiger partial charge in [0.2, 0.25) is 0 Å². The van der Waals surface area contributed by atoms with E-state index in [0.29, 0.717) is 32.0 Å². The lowest BCUT2D eigenvalue weighted by Crippen LogP contribution is -2.23.